The molecule has 128 valence electrons. The zero-order chi connectivity index (χ0) is 17.6. The Morgan fingerprint density at radius 1 is 1.33 bits per heavy atom. The van der Waals surface area contributed by atoms with Crippen LogP contribution in [-0.4, -0.2) is 30.2 Å². The number of nitrogens with zero attached hydrogens (tertiary/aromatic N) is 2. The summed E-state index contributed by atoms with van der Waals surface area (Å²) in [5, 5.41) is 6.81. The molecule has 0 spiro atoms. The van der Waals surface area contributed by atoms with Gasteiger partial charge in [0.05, 0.1) is 22.8 Å². The van der Waals surface area contributed by atoms with Crippen molar-refractivity contribution in [1.29, 1.82) is 0 Å². The van der Waals surface area contributed by atoms with Gasteiger partial charge in [-0.05, 0) is 39.0 Å². The van der Waals surface area contributed by atoms with Gasteiger partial charge in [0.1, 0.15) is 10.6 Å². The van der Waals surface area contributed by atoms with Crippen molar-refractivity contribution in [2.75, 3.05) is 10.0 Å². The maximum atomic E-state index is 12.7. The monoisotopic (exact) mass is 350 g/mol. The van der Waals surface area contributed by atoms with Crippen LogP contribution in [0.5, 0.6) is 5.75 Å². The van der Waals surface area contributed by atoms with E-state index in [4.69, 9.17) is 4.74 Å². The standard InChI is InChI=1S/C15H18N4O4S/c1-8-14(9(2)19(4)17-8)24(21,22)18-11-5-6-13-12(7-11)16-15(20)10(3)23-13/h5-7,10,18H,1-4H3,(H,16,20)/t10-/m1/s1. The molecular weight excluding hydrogens is 332 g/mol. The molecule has 2 heterocycles. The first-order valence-electron chi connectivity index (χ1n) is 7.33. The van der Waals surface area contributed by atoms with Crippen LogP contribution in [0.15, 0.2) is 23.1 Å². The molecule has 8 nitrogen and oxygen atoms in total. The van der Waals surface area contributed by atoms with Gasteiger partial charge < -0.3 is 10.1 Å². The average Bonchev–Trinajstić information content (AvgIpc) is 2.73. The Morgan fingerprint density at radius 2 is 2.04 bits per heavy atom. The Labute approximate surface area is 139 Å². The largest absolute Gasteiger partial charge is 0.479 e. The van der Waals surface area contributed by atoms with Gasteiger partial charge in [0, 0.05) is 7.05 Å². The molecule has 9 heteroatoms. The van der Waals surface area contributed by atoms with Crippen molar-refractivity contribution in [3.05, 3.63) is 29.6 Å². The predicted octanol–water partition coefficient (Wildman–Crippen LogP) is 1.56. The maximum Gasteiger partial charge on any atom is 0.265 e. The lowest BCUT2D eigenvalue weighted by Gasteiger charge is -2.23. The Morgan fingerprint density at radius 3 is 2.67 bits per heavy atom. The number of hydrogen-bond donors (Lipinski definition) is 2. The third-order valence-electron chi connectivity index (χ3n) is 3.87. The zero-order valence-electron chi connectivity index (χ0n) is 13.7. The first-order chi connectivity index (χ1) is 11.2. The molecule has 2 aromatic rings. The van der Waals surface area contributed by atoms with E-state index in [-0.39, 0.29) is 10.8 Å². The van der Waals surface area contributed by atoms with Gasteiger partial charge in [-0.1, -0.05) is 0 Å². The lowest BCUT2D eigenvalue weighted by atomic mass is 10.2. The molecular formula is C15H18N4O4S. The summed E-state index contributed by atoms with van der Waals surface area (Å²) in [4.78, 5) is 11.8. The number of aromatic nitrogens is 2. The van der Waals surface area contributed by atoms with Crippen molar-refractivity contribution < 1.29 is 17.9 Å². The van der Waals surface area contributed by atoms with E-state index in [1.165, 1.54) is 10.7 Å². The molecule has 0 unspecified atom stereocenters. The highest BCUT2D eigenvalue weighted by Gasteiger charge is 2.26. The maximum absolute atomic E-state index is 12.7. The SMILES string of the molecule is Cc1nn(C)c(C)c1S(=O)(=O)Nc1ccc2c(c1)NC(=O)[C@@H](C)O2. The minimum Gasteiger partial charge on any atom is -0.479 e. The number of anilines is 2. The van der Waals surface area contributed by atoms with Crippen LogP contribution in [0.25, 0.3) is 0 Å². The summed E-state index contributed by atoms with van der Waals surface area (Å²) in [5.74, 6) is 0.222. The van der Waals surface area contributed by atoms with Gasteiger partial charge in [-0.3, -0.25) is 14.2 Å². The topological polar surface area (TPSA) is 102 Å². The predicted molar refractivity (Wildman–Crippen MR) is 88.7 cm³/mol. The fourth-order valence-corrected chi connectivity index (χ4v) is 4.11. The van der Waals surface area contributed by atoms with Crippen LogP contribution < -0.4 is 14.8 Å². The highest BCUT2D eigenvalue weighted by Crippen LogP contribution is 2.33. The Hall–Kier alpha value is -2.55. The number of benzene rings is 1. The molecule has 1 aliphatic heterocycles. The van der Waals surface area contributed by atoms with Crippen LogP contribution in [0.1, 0.15) is 18.3 Å². The number of aryl methyl sites for hydroxylation is 2. The summed E-state index contributed by atoms with van der Waals surface area (Å²) in [6.45, 7) is 4.98. The molecule has 0 aliphatic carbocycles. The Bertz CT molecular complexity index is 933. The van der Waals surface area contributed by atoms with E-state index in [1.54, 1.807) is 40.0 Å². The summed E-state index contributed by atoms with van der Waals surface area (Å²) in [6, 6.07) is 4.73. The van der Waals surface area contributed by atoms with E-state index in [1.807, 2.05) is 0 Å². The highest BCUT2D eigenvalue weighted by atomic mass is 32.2. The lowest BCUT2D eigenvalue weighted by Crippen LogP contribution is -2.34. The molecule has 1 atom stereocenters. The van der Waals surface area contributed by atoms with Crippen LogP contribution in [0.4, 0.5) is 11.4 Å². The minimum absolute atomic E-state index is 0.150. The number of amides is 1. The molecule has 0 bridgehead atoms. The van der Waals surface area contributed by atoms with Crippen molar-refractivity contribution in [2.24, 2.45) is 7.05 Å². The molecule has 1 aromatic carbocycles. The number of carbonyl (C=O) groups is 1. The van der Waals surface area contributed by atoms with E-state index in [2.05, 4.69) is 15.1 Å². The molecule has 0 radical (unpaired) electrons. The highest BCUT2D eigenvalue weighted by molar-refractivity contribution is 7.92. The van der Waals surface area contributed by atoms with Crippen LogP contribution in [0.3, 0.4) is 0 Å². The van der Waals surface area contributed by atoms with Gasteiger partial charge >= 0.3 is 0 Å². The van der Waals surface area contributed by atoms with Crippen LogP contribution in [0.2, 0.25) is 0 Å². The van der Waals surface area contributed by atoms with Crippen molar-refractivity contribution in [3.63, 3.8) is 0 Å². The first-order valence-corrected chi connectivity index (χ1v) is 8.82. The molecule has 1 aliphatic rings. The summed E-state index contributed by atoms with van der Waals surface area (Å²) in [7, 11) is -2.10. The van der Waals surface area contributed by atoms with Gasteiger partial charge in [0.2, 0.25) is 0 Å². The zero-order valence-corrected chi connectivity index (χ0v) is 14.6. The van der Waals surface area contributed by atoms with Crippen molar-refractivity contribution in [2.45, 2.75) is 31.8 Å². The van der Waals surface area contributed by atoms with E-state index >= 15 is 0 Å². The van der Waals surface area contributed by atoms with Crippen molar-refractivity contribution in [1.82, 2.24) is 9.78 Å². The Balaban J connectivity index is 1.94. The second-order valence-electron chi connectivity index (χ2n) is 5.69. The Kier molecular flexibility index (Phi) is 3.75. The summed E-state index contributed by atoms with van der Waals surface area (Å²) in [5.41, 5.74) is 1.72. The second kappa shape index (κ2) is 5.52. The quantitative estimate of drug-likeness (QED) is 0.874. The van der Waals surface area contributed by atoms with Gasteiger partial charge in [-0.15, -0.1) is 0 Å². The van der Waals surface area contributed by atoms with E-state index < -0.39 is 16.1 Å². The molecule has 24 heavy (non-hydrogen) atoms. The molecule has 0 fully saturated rings. The van der Waals surface area contributed by atoms with Gasteiger partial charge in [-0.25, -0.2) is 8.42 Å². The minimum atomic E-state index is -3.79. The smallest absolute Gasteiger partial charge is 0.265 e. The number of carbonyl (C=O) groups excluding carboxylic acids is 1. The van der Waals surface area contributed by atoms with E-state index in [9.17, 15) is 13.2 Å². The van der Waals surface area contributed by atoms with Crippen LogP contribution >= 0.6 is 0 Å². The van der Waals surface area contributed by atoms with Gasteiger partial charge in [-0.2, -0.15) is 5.10 Å². The molecule has 2 N–H and O–H groups in total. The van der Waals surface area contributed by atoms with Crippen molar-refractivity contribution >= 4 is 27.3 Å². The molecule has 1 amide bonds. The molecule has 0 saturated carbocycles. The van der Waals surface area contributed by atoms with E-state index in [0.29, 0.717) is 28.5 Å². The van der Waals surface area contributed by atoms with Crippen LogP contribution in [0, 0.1) is 13.8 Å². The molecule has 1 aromatic heterocycles. The van der Waals surface area contributed by atoms with Crippen LogP contribution in [-0.2, 0) is 21.9 Å². The van der Waals surface area contributed by atoms with E-state index in [0.717, 1.165) is 0 Å². The fourth-order valence-electron chi connectivity index (χ4n) is 2.62. The number of ether oxygens (including phenoxy) is 1. The van der Waals surface area contributed by atoms with Gasteiger partial charge in [0.25, 0.3) is 15.9 Å². The number of nitrogens with one attached hydrogen (secondary N) is 2. The molecule has 3 rings (SSSR count). The third kappa shape index (κ3) is 2.71. The third-order valence-corrected chi connectivity index (χ3v) is 5.51. The summed E-state index contributed by atoms with van der Waals surface area (Å²) >= 11 is 0. The lowest BCUT2D eigenvalue weighted by molar-refractivity contribution is -0.122. The number of rotatable bonds is 3. The number of sulfonamides is 1. The molecule has 0 saturated heterocycles. The number of fused-ring (bicyclic) bond motifs is 1. The fraction of sp³-hybridized carbons (Fsp3) is 0.333. The van der Waals surface area contributed by atoms with Gasteiger partial charge in [0.15, 0.2) is 6.10 Å². The summed E-state index contributed by atoms with van der Waals surface area (Å²) < 4.78 is 34.8. The first kappa shape index (κ1) is 16.3. The van der Waals surface area contributed by atoms with Crippen molar-refractivity contribution in [3.8, 4) is 5.75 Å². The normalized spacial score (nSPS) is 17.0. The number of hydrogen-bond acceptors (Lipinski definition) is 5. The average molecular weight is 350 g/mol. The second-order valence-corrected chi connectivity index (χ2v) is 7.31. The summed E-state index contributed by atoms with van der Waals surface area (Å²) in [6.07, 6.45) is -0.583.